The number of aryl methyl sites for hydroxylation is 1. The highest BCUT2D eigenvalue weighted by Crippen LogP contribution is 2.46. The molecule has 0 radical (unpaired) electrons. The molecule has 0 saturated heterocycles. The van der Waals surface area contributed by atoms with Gasteiger partial charge in [-0.05, 0) is 99.2 Å². The summed E-state index contributed by atoms with van der Waals surface area (Å²) in [5.74, 6) is 0.971. The van der Waals surface area contributed by atoms with Gasteiger partial charge in [-0.15, -0.1) is 13.2 Å². The molecule has 2 atom stereocenters. The van der Waals surface area contributed by atoms with Crippen LogP contribution < -0.4 is 10.1 Å². The Kier molecular flexibility index (Phi) is 7.03. The zero-order chi connectivity index (χ0) is 26.3. The Morgan fingerprint density at radius 3 is 2.42 bits per heavy atom. The number of alkyl halides is 3. The van der Waals surface area contributed by atoms with E-state index in [1.165, 1.54) is 18.6 Å². The van der Waals surface area contributed by atoms with Gasteiger partial charge in [0.1, 0.15) is 5.75 Å². The number of aromatic nitrogens is 2. The average molecular weight is 504 g/mol. The van der Waals surface area contributed by atoms with Crippen molar-refractivity contribution in [1.29, 1.82) is 0 Å². The number of nitrogens with zero attached hydrogens (tertiary/aromatic N) is 2. The zero-order valence-corrected chi connectivity index (χ0v) is 21.6. The molecule has 5 nitrogen and oxygen atoms in total. The van der Waals surface area contributed by atoms with Gasteiger partial charge < -0.3 is 19.7 Å². The van der Waals surface area contributed by atoms with Crippen LogP contribution in [0.3, 0.4) is 0 Å². The molecule has 0 unspecified atom stereocenters. The first kappa shape index (κ1) is 26.3. The van der Waals surface area contributed by atoms with Crippen LogP contribution >= 0.6 is 0 Å². The summed E-state index contributed by atoms with van der Waals surface area (Å²) < 4.78 is 43.9. The normalized spacial score (nSPS) is 20.5. The van der Waals surface area contributed by atoms with Crippen LogP contribution in [0, 0.1) is 11.3 Å². The topological polar surface area (TPSA) is 59.3 Å². The molecule has 1 heterocycles. The van der Waals surface area contributed by atoms with Crippen molar-refractivity contribution >= 4 is 22.7 Å². The molecule has 4 rings (SSSR count). The van der Waals surface area contributed by atoms with Crippen LogP contribution in [0.5, 0.6) is 5.75 Å². The maximum atomic E-state index is 12.5. The van der Waals surface area contributed by atoms with Gasteiger partial charge in [0.15, 0.2) is 0 Å². The number of rotatable bonds is 7. The summed E-state index contributed by atoms with van der Waals surface area (Å²) in [4.78, 5) is 4.92. The Morgan fingerprint density at radius 1 is 1.11 bits per heavy atom. The first-order chi connectivity index (χ1) is 16.7. The molecule has 1 aliphatic carbocycles. The number of hydrogen-bond acceptors (Lipinski definition) is 4. The maximum Gasteiger partial charge on any atom is 0.573 e. The van der Waals surface area contributed by atoms with Crippen LogP contribution in [0.4, 0.5) is 24.8 Å². The third-order valence-corrected chi connectivity index (χ3v) is 6.85. The molecule has 196 valence electrons. The second kappa shape index (κ2) is 9.61. The van der Waals surface area contributed by atoms with Crippen molar-refractivity contribution in [2.75, 3.05) is 5.32 Å². The monoisotopic (exact) mass is 503 g/mol. The van der Waals surface area contributed by atoms with Gasteiger partial charge in [0.25, 0.3) is 0 Å². The lowest BCUT2D eigenvalue weighted by Crippen LogP contribution is -2.29. The first-order valence-electron chi connectivity index (χ1n) is 12.5. The molecule has 0 bridgehead atoms. The molecule has 2 N–H and O–H groups in total. The lowest BCUT2D eigenvalue weighted by molar-refractivity contribution is -0.274. The number of aliphatic hydroxyl groups is 1. The van der Waals surface area contributed by atoms with E-state index in [0.717, 1.165) is 35.9 Å². The van der Waals surface area contributed by atoms with Gasteiger partial charge in [0.2, 0.25) is 5.95 Å². The third-order valence-electron chi connectivity index (χ3n) is 6.85. The van der Waals surface area contributed by atoms with E-state index in [1.807, 2.05) is 0 Å². The predicted molar refractivity (Wildman–Crippen MR) is 137 cm³/mol. The first-order valence-corrected chi connectivity index (χ1v) is 12.5. The van der Waals surface area contributed by atoms with Gasteiger partial charge in [0, 0.05) is 11.7 Å². The number of halogens is 3. The summed E-state index contributed by atoms with van der Waals surface area (Å²) in [5.41, 5.74) is 3.07. The smallest absolute Gasteiger partial charge is 0.406 e. The molecule has 0 aliphatic heterocycles. The Hall–Kier alpha value is -2.74. The van der Waals surface area contributed by atoms with E-state index in [2.05, 4.69) is 53.6 Å². The van der Waals surface area contributed by atoms with Crippen molar-refractivity contribution in [2.24, 2.45) is 11.3 Å². The maximum absolute atomic E-state index is 12.5. The minimum Gasteiger partial charge on any atom is -0.406 e. The summed E-state index contributed by atoms with van der Waals surface area (Å²) in [5, 5.41) is 13.5. The van der Waals surface area contributed by atoms with E-state index in [0.29, 0.717) is 24.0 Å². The van der Waals surface area contributed by atoms with Crippen molar-refractivity contribution in [3.63, 3.8) is 0 Å². The molecule has 0 amide bonds. The third kappa shape index (κ3) is 6.72. The number of benzene rings is 2. The van der Waals surface area contributed by atoms with Crippen molar-refractivity contribution in [3.05, 3.63) is 48.0 Å². The van der Waals surface area contributed by atoms with Gasteiger partial charge in [-0.3, -0.25) is 0 Å². The van der Waals surface area contributed by atoms with Gasteiger partial charge in [-0.1, -0.05) is 26.8 Å². The fourth-order valence-corrected chi connectivity index (χ4v) is 5.57. The molecular weight excluding hydrogens is 467 g/mol. The highest BCUT2D eigenvalue weighted by atomic mass is 19.4. The standard InChI is InChI=1S/C28H36F3N3O2/c1-18-14-21(17-26(2,3)16-18)34-24-11-6-19(12-13-27(4,5)35)15-23(24)33-25(34)32-20-7-9-22(10-8-20)36-28(29,30)31/h6-11,15,18,21,35H,12-14,16-17H2,1-5H3,(H,32,33)/t18-,21+/m1/s1. The summed E-state index contributed by atoms with van der Waals surface area (Å²) in [6.45, 7) is 10.5. The number of fused-ring (bicyclic) bond motifs is 1. The van der Waals surface area contributed by atoms with Crippen LogP contribution in [-0.2, 0) is 6.42 Å². The molecule has 0 spiro atoms. The van der Waals surface area contributed by atoms with Crippen LogP contribution in [0.15, 0.2) is 42.5 Å². The summed E-state index contributed by atoms with van der Waals surface area (Å²) in [6.07, 6.45) is -0.135. The van der Waals surface area contributed by atoms with Crippen LogP contribution in [0.2, 0.25) is 0 Å². The number of imidazole rings is 1. The summed E-state index contributed by atoms with van der Waals surface area (Å²) >= 11 is 0. The number of nitrogens with one attached hydrogen (secondary N) is 1. The molecule has 2 aromatic carbocycles. The number of anilines is 2. The molecule has 36 heavy (non-hydrogen) atoms. The molecule has 8 heteroatoms. The Bertz CT molecular complexity index is 1190. The highest BCUT2D eigenvalue weighted by Gasteiger charge is 2.35. The summed E-state index contributed by atoms with van der Waals surface area (Å²) in [6, 6.07) is 12.2. The van der Waals surface area contributed by atoms with E-state index in [-0.39, 0.29) is 17.2 Å². The SMILES string of the molecule is C[C@@H]1C[C@H](n2c(Nc3ccc(OC(F)(F)F)cc3)nc3cc(CCC(C)(C)O)ccc32)CC(C)(C)C1. The van der Waals surface area contributed by atoms with E-state index in [4.69, 9.17) is 4.98 Å². The average Bonchev–Trinajstić information content (AvgIpc) is 3.07. The van der Waals surface area contributed by atoms with Crippen molar-refractivity contribution < 1.29 is 23.0 Å². The van der Waals surface area contributed by atoms with Gasteiger partial charge >= 0.3 is 6.36 Å². The predicted octanol–water partition coefficient (Wildman–Crippen LogP) is 7.77. The largest absolute Gasteiger partial charge is 0.573 e. The van der Waals surface area contributed by atoms with Crippen LogP contribution in [0.25, 0.3) is 11.0 Å². The van der Waals surface area contributed by atoms with Gasteiger partial charge in [0.05, 0.1) is 16.6 Å². The second-order valence-electron chi connectivity index (χ2n) is 11.7. The Balaban J connectivity index is 1.69. The van der Waals surface area contributed by atoms with Gasteiger partial charge in [-0.25, -0.2) is 4.98 Å². The van der Waals surface area contributed by atoms with Crippen molar-refractivity contribution in [3.8, 4) is 5.75 Å². The summed E-state index contributed by atoms with van der Waals surface area (Å²) in [7, 11) is 0. The molecule has 3 aromatic rings. The molecule has 1 aromatic heterocycles. The molecular formula is C28H36F3N3O2. The number of hydrogen-bond donors (Lipinski definition) is 2. The lowest BCUT2D eigenvalue weighted by atomic mass is 9.70. The van der Waals surface area contributed by atoms with Gasteiger partial charge in [-0.2, -0.15) is 0 Å². The fraction of sp³-hybridized carbons (Fsp3) is 0.536. The van der Waals surface area contributed by atoms with E-state index >= 15 is 0 Å². The molecule has 1 saturated carbocycles. The minimum atomic E-state index is -4.73. The highest BCUT2D eigenvalue weighted by molar-refractivity contribution is 5.81. The lowest BCUT2D eigenvalue weighted by Gasteiger charge is -2.40. The van der Waals surface area contributed by atoms with Crippen molar-refractivity contribution in [2.45, 2.75) is 84.7 Å². The van der Waals surface area contributed by atoms with Crippen LogP contribution in [0.1, 0.15) is 71.9 Å². The van der Waals surface area contributed by atoms with E-state index in [9.17, 15) is 18.3 Å². The van der Waals surface area contributed by atoms with E-state index in [1.54, 1.807) is 26.0 Å². The molecule has 1 fully saturated rings. The van der Waals surface area contributed by atoms with Crippen molar-refractivity contribution in [1.82, 2.24) is 9.55 Å². The fourth-order valence-electron chi connectivity index (χ4n) is 5.57. The number of ether oxygens (including phenoxy) is 1. The van der Waals surface area contributed by atoms with Crippen LogP contribution in [-0.4, -0.2) is 26.6 Å². The molecule has 1 aliphatic rings. The minimum absolute atomic E-state index is 0.194. The van der Waals surface area contributed by atoms with E-state index < -0.39 is 12.0 Å². The zero-order valence-electron chi connectivity index (χ0n) is 21.6. The second-order valence-corrected chi connectivity index (χ2v) is 11.7. The quantitative estimate of drug-likeness (QED) is 0.346. The Morgan fingerprint density at radius 2 is 1.81 bits per heavy atom. The Labute approximate surface area is 210 Å².